The van der Waals surface area contributed by atoms with Crippen LogP contribution in [0.5, 0.6) is 5.75 Å². The first kappa shape index (κ1) is 26.9. The highest BCUT2D eigenvalue weighted by atomic mass is 35.5. The number of halogens is 1. The van der Waals surface area contributed by atoms with Crippen LogP contribution in [0.25, 0.3) is 0 Å². The van der Waals surface area contributed by atoms with Crippen LogP contribution in [-0.4, -0.2) is 43.9 Å². The monoisotopic (exact) mass is 572 g/mol. The fourth-order valence-corrected chi connectivity index (χ4v) is 8.53. The summed E-state index contributed by atoms with van der Waals surface area (Å²) in [6.07, 6.45) is 7.18. The van der Waals surface area contributed by atoms with Crippen LogP contribution in [0.1, 0.15) is 72.9 Å². The summed E-state index contributed by atoms with van der Waals surface area (Å²) in [6, 6.07) is 11.1. The minimum absolute atomic E-state index is 0.248. The average Bonchev–Trinajstić information content (AvgIpc) is 2.87. The molecule has 2 saturated carbocycles. The Kier molecular flexibility index (Phi) is 7.55. The molecule has 1 amide bonds. The molecule has 3 heterocycles. The third-order valence-electron chi connectivity index (χ3n) is 9.40. The Hall–Kier alpha value is -2.29. The number of nitrogens with one attached hydrogen (secondary N) is 1. The van der Waals surface area contributed by atoms with E-state index in [9.17, 15) is 18.3 Å². The predicted molar refractivity (Wildman–Crippen MR) is 152 cm³/mol. The number of carbonyl (C=O) groups is 1. The minimum atomic E-state index is -3.76. The number of aliphatic hydroxyl groups is 1. The summed E-state index contributed by atoms with van der Waals surface area (Å²) in [5, 5.41) is 11.2. The van der Waals surface area contributed by atoms with E-state index >= 15 is 0 Å². The summed E-state index contributed by atoms with van der Waals surface area (Å²) in [5.74, 6) is 0.971. The quantitative estimate of drug-likeness (QED) is 0.457. The SMILES string of the molecule is O=C1NS(=O)(=O)[C@H]2C[C@H](CC[C@H](O)[C@@H]3CC[C@H]3CN3CCCCc4cc(Cl)ccc4COc4ccc1cc43)C2. The van der Waals surface area contributed by atoms with Crippen LogP contribution in [0.15, 0.2) is 36.4 Å². The van der Waals surface area contributed by atoms with Crippen molar-refractivity contribution in [2.45, 2.75) is 75.7 Å². The predicted octanol–water partition coefficient (Wildman–Crippen LogP) is 5.08. The van der Waals surface area contributed by atoms with E-state index in [0.29, 0.717) is 48.1 Å². The first-order valence-corrected chi connectivity index (χ1v) is 16.2. The molecule has 210 valence electrons. The molecular formula is C30H37ClN2O5S. The van der Waals surface area contributed by atoms with Gasteiger partial charge in [0, 0.05) is 23.7 Å². The largest absolute Gasteiger partial charge is 0.487 e. The molecule has 7 nitrogen and oxygen atoms in total. The van der Waals surface area contributed by atoms with Crippen LogP contribution < -0.4 is 14.4 Å². The first-order valence-electron chi connectivity index (χ1n) is 14.3. The number of amides is 1. The minimum Gasteiger partial charge on any atom is -0.487 e. The van der Waals surface area contributed by atoms with Crippen molar-refractivity contribution in [3.63, 3.8) is 0 Å². The molecule has 3 atom stereocenters. The number of ether oxygens (including phenoxy) is 1. The van der Waals surface area contributed by atoms with E-state index in [1.54, 1.807) is 18.2 Å². The van der Waals surface area contributed by atoms with Gasteiger partial charge in [0.25, 0.3) is 5.91 Å². The molecule has 2 fully saturated rings. The number of benzene rings is 2. The van der Waals surface area contributed by atoms with Gasteiger partial charge in [-0.2, -0.15) is 0 Å². The Morgan fingerprint density at radius 3 is 2.64 bits per heavy atom. The Bertz CT molecular complexity index is 1340. The molecule has 0 aromatic heterocycles. The number of aliphatic hydroxyl groups excluding tert-OH is 1. The first-order chi connectivity index (χ1) is 18.8. The number of sulfonamides is 1. The summed E-state index contributed by atoms with van der Waals surface area (Å²) in [5.41, 5.74) is 3.38. The molecule has 2 aliphatic carbocycles. The van der Waals surface area contributed by atoms with Crippen molar-refractivity contribution in [3.8, 4) is 5.75 Å². The molecule has 5 aliphatic rings. The summed E-state index contributed by atoms with van der Waals surface area (Å²) in [7, 11) is -3.76. The van der Waals surface area contributed by atoms with Gasteiger partial charge in [0.15, 0.2) is 0 Å². The van der Waals surface area contributed by atoms with Crippen molar-refractivity contribution in [3.05, 3.63) is 58.1 Å². The fraction of sp³-hybridized carbons (Fsp3) is 0.567. The molecule has 4 bridgehead atoms. The molecule has 0 saturated heterocycles. The van der Waals surface area contributed by atoms with Gasteiger partial charge in [-0.15, -0.1) is 0 Å². The van der Waals surface area contributed by atoms with Crippen molar-refractivity contribution in [1.29, 1.82) is 0 Å². The zero-order valence-corrected chi connectivity index (χ0v) is 23.7. The number of fused-ring (bicyclic) bond motifs is 5. The normalized spacial score (nSPS) is 30.7. The van der Waals surface area contributed by atoms with E-state index in [1.165, 1.54) is 5.56 Å². The average molecular weight is 573 g/mol. The van der Waals surface area contributed by atoms with Crippen molar-refractivity contribution < 1.29 is 23.1 Å². The molecular weight excluding hydrogens is 536 g/mol. The molecule has 39 heavy (non-hydrogen) atoms. The van der Waals surface area contributed by atoms with E-state index in [2.05, 4.69) is 9.62 Å². The maximum Gasteiger partial charge on any atom is 0.264 e. The fourth-order valence-electron chi connectivity index (χ4n) is 6.75. The Morgan fingerprint density at radius 2 is 1.85 bits per heavy atom. The van der Waals surface area contributed by atoms with E-state index in [-0.39, 0.29) is 17.9 Å². The van der Waals surface area contributed by atoms with E-state index in [0.717, 1.165) is 62.9 Å². The van der Waals surface area contributed by atoms with Gasteiger partial charge in [0.1, 0.15) is 12.4 Å². The van der Waals surface area contributed by atoms with Gasteiger partial charge in [0.05, 0.1) is 17.0 Å². The van der Waals surface area contributed by atoms with Gasteiger partial charge < -0.3 is 14.7 Å². The van der Waals surface area contributed by atoms with Gasteiger partial charge in [-0.05, 0) is 117 Å². The van der Waals surface area contributed by atoms with Crippen LogP contribution >= 0.6 is 11.6 Å². The van der Waals surface area contributed by atoms with Crippen molar-refractivity contribution in [2.24, 2.45) is 17.8 Å². The second-order valence-electron chi connectivity index (χ2n) is 11.9. The zero-order chi connectivity index (χ0) is 27.1. The van der Waals surface area contributed by atoms with E-state index in [1.807, 2.05) is 18.2 Å². The third kappa shape index (κ3) is 5.66. The lowest BCUT2D eigenvalue weighted by atomic mass is 9.68. The lowest BCUT2D eigenvalue weighted by Gasteiger charge is -2.44. The number of hydrogen-bond acceptors (Lipinski definition) is 6. The molecule has 0 radical (unpaired) electrons. The summed E-state index contributed by atoms with van der Waals surface area (Å²) in [6.45, 7) is 1.92. The summed E-state index contributed by atoms with van der Waals surface area (Å²) >= 11 is 6.29. The standard InChI is InChI=1S/C30H37ClN2O5S/c31-24-8-5-23-18-38-29-11-7-21-16-27(29)33(12-2-1-3-20(23)15-24)17-22-6-9-26(22)28(34)10-4-19-13-25(14-19)39(36,37)32-30(21)35/h5,7-8,11,15-16,19,22,25-26,28,34H,1-4,6,9-10,12-14,17-18H2,(H,32,35)/t19-,22-,25-,26+,28-/m0/s1. The van der Waals surface area contributed by atoms with Crippen LogP contribution in [0.3, 0.4) is 0 Å². The highest BCUT2D eigenvalue weighted by molar-refractivity contribution is 7.90. The van der Waals surface area contributed by atoms with Gasteiger partial charge in [-0.25, -0.2) is 13.1 Å². The third-order valence-corrected chi connectivity index (χ3v) is 11.4. The van der Waals surface area contributed by atoms with Crippen LogP contribution in [0.2, 0.25) is 5.02 Å². The maximum atomic E-state index is 13.2. The van der Waals surface area contributed by atoms with Crippen LogP contribution in [0.4, 0.5) is 5.69 Å². The number of anilines is 1. The number of nitrogens with zero attached hydrogens (tertiary/aromatic N) is 1. The maximum absolute atomic E-state index is 13.2. The molecule has 7 rings (SSSR count). The molecule has 2 N–H and O–H groups in total. The van der Waals surface area contributed by atoms with Crippen LogP contribution in [0, 0.1) is 17.8 Å². The molecule has 9 heteroatoms. The summed E-state index contributed by atoms with van der Waals surface area (Å²) < 4.78 is 34.6. The van der Waals surface area contributed by atoms with Crippen molar-refractivity contribution >= 4 is 33.2 Å². The highest BCUT2D eigenvalue weighted by Crippen LogP contribution is 2.43. The van der Waals surface area contributed by atoms with Gasteiger partial charge >= 0.3 is 0 Å². The van der Waals surface area contributed by atoms with Crippen molar-refractivity contribution in [2.75, 3.05) is 18.0 Å². The van der Waals surface area contributed by atoms with Gasteiger partial charge in [-0.3, -0.25) is 4.79 Å². The van der Waals surface area contributed by atoms with Crippen LogP contribution in [-0.2, 0) is 23.1 Å². The Morgan fingerprint density at radius 1 is 1.00 bits per heavy atom. The molecule has 0 unspecified atom stereocenters. The molecule has 0 spiro atoms. The topological polar surface area (TPSA) is 95.9 Å². The zero-order valence-electron chi connectivity index (χ0n) is 22.1. The summed E-state index contributed by atoms with van der Waals surface area (Å²) in [4.78, 5) is 15.5. The second kappa shape index (κ2) is 10.9. The number of hydrogen-bond donors (Lipinski definition) is 2. The van der Waals surface area contributed by atoms with E-state index < -0.39 is 21.2 Å². The smallest absolute Gasteiger partial charge is 0.264 e. The van der Waals surface area contributed by atoms with Gasteiger partial charge in [0.2, 0.25) is 10.0 Å². The Labute approximate surface area is 235 Å². The highest BCUT2D eigenvalue weighted by Gasteiger charge is 2.42. The van der Waals surface area contributed by atoms with Crippen molar-refractivity contribution in [1.82, 2.24) is 4.72 Å². The Balaban J connectivity index is 1.36. The molecule has 2 aromatic rings. The lowest BCUT2D eigenvalue weighted by molar-refractivity contribution is 0.00508. The molecule has 2 aromatic carbocycles. The van der Waals surface area contributed by atoms with E-state index in [4.69, 9.17) is 16.3 Å². The molecule has 3 aliphatic heterocycles. The second-order valence-corrected chi connectivity index (χ2v) is 14.3. The number of carbonyl (C=O) groups excluding carboxylic acids is 1. The van der Waals surface area contributed by atoms with Gasteiger partial charge in [-0.1, -0.05) is 17.7 Å². The lowest BCUT2D eigenvalue weighted by Crippen LogP contribution is -2.46. The number of aryl methyl sites for hydroxylation is 1. The number of rotatable bonds is 0.